The highest BCUT2D eigenvalue weighted by atomic mass is 32.1. The Morgan fingerprint density at radius 3 is 2.75 bits per heavy atom. The van der Waals surface area contributed by atoms with Gasteiger partial charge in [-0.2, -0.15) is 0 Å². The molecule has 1 heterocycles. The lowest BCUT2D eigenvalue weighted by molar-refractivity contribution is -0.116. The van der Waals surface area contributed by atoms with Crippen molar-refractivity contribution in [3.05, 3.63) is 34.2 Å². The van der Waals surface area contributed by atoms with E-state index < -0.39 is 0 Å². The molecule has 20 heavy (non-hydrogen) atoms. The Morgan fingerprint density at radius 1 is 1.35 bits per heavy atom. The lowest BCUT2D eigenvalue weighted by Crippen LogP contribution is -2.15. The predicted molar refractivity (Wildman–Crippen MR) is 84.1 cm³/mol. The van der Waals surface area contributed by atoms with Gasteiger partial charge in [-0.05, 0) is 26.3 Å². The molecular weight excluding hydrogens is 270 g/mol. The van der Waals surface area contributed by atoms with Crippen molar-refractivity contribution < 1.29 is 4.79 Å². The number of thiazole rings is 1. The number of amides is 1. The molecule has 1 aromatic carbocycles. The van der Waals surface area contributed by atoms with Crippen molar-refractivity contribution in [2.75, 3.05) is 11.9 Å². The van der Waals surface area contributed by atoms with E-state index >= 15 is 0 Å². The SMILES string of the molecule is Cc1ccc(-c2nc(NC(=O)CCN)sc2C)c(C)c1. The molecule has 0 aliphatic carbocycles. The average molecular weight is 289 g/mol. The maximum Gasteiger partial charge on any atom is 0.227 e. The highest BCUT2D eigenvalue weighted by Crippen LogP contribution is 2.32. The van der Waals surface area contributed by atoms with E-state index in [0.717, 1.165) is 16.1 Å². The third-order valence-electron chi connectivity index (χ3n) is 3.05. The van der Waals surface area contributed by atoms with Gasteiger partial charge in [-0.25, -0.2) is 4.98 Å². The van der Waals surface area contributed by atoms with Crippen molar-refractivity contribution in [3.63, 3.8) is 0 Å². The van der Waals surface area contributed by atoms with E-state index in [9.17, 15) is 4.79 Å². The number of hydrogen-bond acceptors (Lipinski definition) is 4. The summed E-state index contributed by atoms with van der Waals surface area (Å²) in [5.41, 5.74) is 9.85. The number of carbonyl (C=O) groups excluding carboxylic acids is 1. The summed E-state index contributed by atoms with van der Waals surface area (Å²) in [6, 6.07) is 6.30. The van der Waals surface area contributed by atoms with Gasteiger partial charge < -0.3 is 11.1 Å². The average Bonchev–Trinajstić information content (AvgIpc) is 2.70. The minimum Gasteiger partial charge on any atom is -0.330 e. The number of anilines is 1. The first-order chi connectivity index (χ1) is 9.51. The summed E-state index contributed by atoms with van der Waals surface area (Å²) in [5.74, 6) is -0.0894. The molecule has 1 amide bonds. The highest BCUT2D eigenvalue weighted by Gasteiger charge is 2.13. The quantitative estimate of drug-likeness (QED) is 0.909. The topological polar surface area (TPSA) is 68.0 Å². The van der Waals surface area contributed by atoms with E-state index in [0.29, 0.717) is 18.1 Å². The zero-order valence-corrected chi connectivity index (χ0v) is 12.8. The lowest BCUT2D eigenvalue weighted by atomic mass is 10.0. The molecule has 0 aliphatic heterocycles. The van der Waals surface area contributed by atoms with Crippen LogP contribution in [0, 0.1) is 20.8 Å². The maximum absolute atomic E-state index is 11.6. The van der Waals surface area contributed by atoms with Crippen molar-refractivity contribution in [1.82, 2.24) is 4.98 Å². The van der Waals surface area contributed by atoms with Gasteiger partial charge in [-0.1, -0.05) is 23.8 Å². The first kappa shape index (κ1) is 14.7. The van der Waals surface area contributed by atoms with Gasteiger partial charge in [0.25, 0.3) is 0 Å². The Balaban J connectivity index is 2.29. The van der Waals surface area contributed by atoms with Gasteiger partial charge in [0.2, 0.25) is 5.91 Å². The fraction of sp³-hybridized carbons (Fsp3) is 0.333. The van der Waals surface area contributed by atoms with Gasteiger partial charge >= 0.3 is 0 Å². The number of aromatic nitrogens is 1. The van der Waals surface area contributed by atoms with Gasteiger partial charge in [0.05, 0.1) is 5.69 Å². The third-order valence-corrected chi connectivity index (χ3v) is 3.94. The standard InChI is InChI=1S/C15H19N3OS/c1-9-4-5-12(10(2)8-9)14-11(3)20-15(18-14)17-13(19)6-7-16/h4-5,8H,6-7,16H2,1-3H3,(H,17,18,19). The number of benzene rings is 1. The molecule has 3 N–H and O–H groups in total. The van der Waals surface area contributed by atoms with Crippen molar-refractivity contribution >= 4 is 22.4 Å². The highest BCUT2D eigenvalue weighted by molar-refractivity contribution is 7.16. The van der Waals surface area contributed by atoms with Crippen LogP contribution in [0.3, 0.4) is 0 Å². The van der Waals surface area contributed by atoms with Crippen LogP contribution in [0.5, 0.6) is 0 Å². The minimum atomic E-state index is -0.0894. The molecule has 2 aromatic rings. The Hall–Kier alpha value is -1.72. The summed E-state index contributed by atoms with van der Waals surface area (Å²) in [6.45, 7) is 6.52. The van der Waals surface area contributed by atoms with Crippen LogP contribution in [0.1, 0.15) is 22.4 Å². The zero-order chi connectivity index (χ0) is 14.7. The van der Waals surface area contributed by atoms with Crippen LogP contribution in [0.15, 0.2) is 18.2 Å². The van der Waals surface area contributed by atoms with Crippen LogP contribution in [0.4, 0.5) is 5.13 Å². The molecule has 0 saturated heterocycles. The third kappa shape index (κ3) is 3.23. The summed E-state index contributed by atoms with van der Waals surface area (Å²) in [7, 11) is 0. The molecule has 4 nitrogen and oxygen atoms in total. The molecule has 0 saturated carbocycles. The summed E-state index contributed by atoms with van der Waals surface area (Å²) in [4.78, 5) is 17.2. The summed E-state index contributed by atoms with van der Waals surface area (Å²) < 4.78 is 0. The molecule has 5 heteroatoms. The maximum atomic E-state index is 11.6. The van der Waals surface area contributed by atoms with E-state index in [1.807, 2.05) is 6.92 Å². The van der Waals surface area contributed by atoms with Crippen LogP contribution in [-0.4, -0.2) is 17.4 Å². The molecule has 0 spiro atoms. The molecule has 1 aromatic heterocycles. The number of nitrogens with zero attached hydrogens (tertiary/aromatic N) is 1. The van der Waals surface area contributed by atoms with E-state index in [1.54, 1.807) is 0 Å². The zero-order valence-electron chi connectivity index (χ0n) is 12.0. The van der Waals surface area contributed by atoms with Crippen molar-refractivity contribution in [2.24, 2.45) is 5.73 Å². The van der Waals surface area contributed by atoms with Crippen LogP contribution >= 0.6 is 11.3 Å². The largest absolute Gasteiger partial charge is 0.330 e. The van der Waals surface area contributed by atoms with Crippen LogP contribution in [-0.2, 0) is 4.79 Å². The molecule has 0 fully saturated rings. The number of nitrogens with one attached hydrogen (secondary N) is 1. The Bertz CT molecular complexity index is 634. The van der Waals surface area contributed by atoms with Crippen molar-refractivity contribution in [2.45, 2.75) is 27.2 Å². The number of aryl methyl sites for hydroxylation is 3. The second-order valence-electron chi connectivity index (χ2n) is 4.83. The van der Waals surface area contributed by atoms with Crippen LogP contribution < -0.4 is 11.1 Å². The van der Waals surface area contributed by atoms with Crippen molar-refractivity contribution in [3.8, 4) is 11.3 Å². The van der Waals surface area contributed by atoms with Crippen molar-refractivity contribution in [1.29, 1.82) is 0 Å². The molecule has 106 valence electrons. The fourth-order valence-electron chi connectivity index (χ4n) is 2.09. The second-order valence-corrected chi connectivity index (χ2v) is 6.03. The van der Waals surface area contributed by atoms with Gasteiger partial charge in [0, 0.05) is 23.4 Å². The number of rotatable bonds is 4. The minimum absolute atomic E-state index is 0.0894. The fourth-order valence-corrected chi connectivity index (χ4v) is 2.94. The molecule has 0 radical (unpaired) electrons. The first-order valence-electron chi connectivity index (χ1n) is 6.56. The number of nitrogens with two attached hydrogens (primary N) is 1. The molecule has 0 aliphatic rings. The predicted octanol–water partition coefficient (Wildman–Crippen LogP) is 3.02. The van der Waals surface area contributed by atoms with Gasteiger partial charge in [0.1, 0.15) is 0 Å². The molecular formula is C15H19N3OS. The van der Waals surface area contributed by atoms with Gasteiger partial charge in [0.15, 0.2) is 5.13 Å². The molecule has 2 rings (SSSR count). The summed E-state index contributed by atoms with van der Waals surface area (Å²) in [5, 5.41) is 3.43. The smallest absolute Gasteiger partial charge is 0.227 e. The first-order valence-corrected chi connectivity index (χ1v) is 7.38. The van der Waals surface area contributed by atoms with Gasteiger partial charge in [-0.3, -0.25) is 4.79 Å². The van der Waals surface area contributed by atoms with E-state index in [-0.39, 0.29) is 5.91 Å². The van der Waals surface area contributed by atoms with Crippen LogP contribution in [0.2, 0.25) is 0 Å². The monoisotopic (exact) mass is 289 g/mol. The van der Waals surface area contributed by atoms with Gasteiger partial charge in [-0.15, -0.1) is 11.3 Å². The molecule has 0 bridgehead atoms. The second kappa shape index (κ2) is 6.15. The number of carbonyl (C=O) groups is 1. The Labute approximate surface area is 123 Å². The number of hydrogen-bond donors (Lipinski definition) is 2. The van der Waals surface area contributed by atoms with E-state index in [4.69, 9.17) is 5.73 Å². The van der Waals surface area contributed by atoms with E-state index in [1.165, 1.54) is 22.5 Å². The normalized spacial score (nSPS) is 10.6. The molecule has 0 unspecified atom stereocenters. The Morgan fingerprint density at radius 2 is 2.10 bits per heavy atom. The summed E-state index contributed by atoms with van der Waals surface area (Å²) in [6.07, 6.45) is 0.317. The van der Waals surface area contributed by atoms with Crippen LogP contribution in [0.25, 0.3) is 11.3 Å². The molecule has 0 atom stereocenters. The van der Waals surface area contributed by atoms with E-state index in [2.05, 4.69) is 42.3 Å². The summed E-state index contributed by atoms with van der Waals surface area (Å²) >= 11 is 1.49. The lowest BCUT2D eigenvalue weighted by Gasteiger charge is -2.05. The Kier molecular flexibility index (Phi) is 4.52.